The number of epoxide rings is 1. The molecule has 0 aliphatic carbocycles. The van der Waals surface area contributed by atoms with E-state index in [9.17, 15) is 0 Å². The molecule has 1 saturated heterocycles. The van der Waals surface area contributed by atoms with Crippen LogP contribution in [0, 0.1) is 0 Å². The van der Waals surface area contributed by atoms with Crippen molar-refractivity contribution < 1.29 is 13.6 Å². The van der Waals surface area contributed by atoms with Crippen LogP contribution in [0.25, 0.3) is 0 Å². The fraction of sp³-hybridized carbons (Fsp3) is 1.00. The Morgan fingerprint density at radius 2 is 2.07 bits per heavy atom. The maximum absolute atomic E-state index is 6.08. The first-order valence-corrected chi connectivity index (χ1v) is 11.8. The molecule has 0 radical (unpaired) electrons. The van der Waals surface area contributed by atoms with Crippen LogP contribution in [0.4, 0.5) is 0 Å². The first-order chi connectivity index (χ1) is 6.99. The van der Waals surface area contributed by atoms with Crippen LogP contribution in [0.2, 0.25) is 32.2 Å². The van der Waals surface area contributed by atoms with Gasteiger partial charge in [0.15, 0.2) is 17.4 Å². The SMILES string of the molecule is C[SiH](C)O[Si](C)(C)CCCOC[C@@H]1CO1. The van der Waals surface area contributed by atoms with Gasteiger partial charge in [0.1, 0.15) is 6.10 Å². The molecule has 0 unspecified atom stereocenters. The summed E-state index contributed by atoms with van der Waals surface area (Å²) in [5.74, 6) is 0. The molecule has 0 N–H and O–H groups in total. The first kappa shape index (κ1) is 13.4. The van der Waals surface area contributed by atoms with Crippen molar-refractivity contribution in [3.63, 3.8) is 0 Å². The second-order valence-corrected chi connectivity index (χ2v) is 12.1. The minimum absolute atomic E-state index is 0.398. The van der Waals surface area contributed by atoms with Crippen molar-refractivity contribution in [1.82, 2.24) is 0 Å². The number of ether oxygens (including phenoxy) is 2. The van der Waals surface area contributed by atoms with E-state index in [2.05, 4.69) is 26.2 Å². The average molecular weight is 248 g/mol. The van der Waals surface area contributed by atoms with Crippen LogP contribution in [-0.2, 0) is 13.6 Å². The fourth-order valence-electron chi connectivity index (χ4n) is 1.68. The van der Waals surface area contributed by atoms with E-state index in [0.29, 0.717) is 6.10 Å². The van der Waals surface area contributed by atoms with Gasteiger partial charge in [0, 0.05) is 6.61 Å². The third kappa shape index (κ3) is 7.24. The Morgan fingerprint density at radius 1 is 1.40 bits per heavy atom. The molecule has 0 amide bonds. The highest BCUT2D eigenvalue weighted by Crippen LogP contribution is 2.15. The number of rotatable bonds is 8. The summed E-state index contributed by atoms with van der Waals surface area (Å²) in [6.07, 6.45) is 1.53. The van der Waals surface area contributed by atoms with Gasteiger partial charge in [-0.05, 0) is 38.7 Å². The smallest absolute Gasteiger partial charge is 0.173 e. The van der Waals surface area contributed by atoms with Gasteiger partial charge in [-0.1, -0.05) is 0 Å². The molecule has 15 heavy (non-hydrogen) atoms. The van der Waals surface area contributed by atoms with Crippen LogP contribution >= 0.6 is 0 Å². The average Bonchev–Trinajstić information content (AvgIpc) is 2.84. The van der Waals surface area contributed by atoms with Crippen molar-refractivity contribution in [3.8, 4) is 0 Å². The standard InChI is InChI=1S/C10H24O3Si2/c1-14(2)13-15(3,4)7-5-6-11-8-10-9-12-10/h10,14H,5-9H2,1-4H3/t10-/m1/s1. The summed E-state index contributed by atoms with van der Waals surface area (Å²) in [6, 6.07) is 1.21. The summed E-state index contributed by atoms with van der Waals surface area (Å²) in [4.78, 5) is 0. The van der Waals surface area contributed by atoms with Crippen molar-refractivity contribution in [2.75, 3.05) is 19.8 Å². The van der Waals surface area contributed by atoms with Crippen molar-refractivity contribution in [2.45, 2.75) is 44.8 Å². The molecule has 0 aromatic rings. The summed E-state index contributed by atoms with van der Waals surface area (Å²) in [5.41, 5.74) is 0. The molecule has 0 bridgehead atoms. The zero-order chi connectivity index (χ0) is 11.3. The number of hydrogen-bond acceptors (Lipinski definition) is 3. The highest BCUT2D eigenvalue weighted by atomic mass is 28.4. The van der Waals surface area contributed by atoms with Crippen LogP contribution in [-0.4, -0.2) is 43.3 Å². The van der Waals surface area contributed by atoms with Crippen LogP contribution in [0.5, 0.6) is 0 Å². The lowest BCUT2D eigenvalue weighted by molar-refractivity contribution is 0.116. The van der Waals surface area contributed by atoms with E-state index in [1.54, 1.807) is 0 Å². The van der Waals surface area contributed by atoms with Crippen LogP contribution in [0.1, 0.15) is 6.42 Å². The van der Waals surface area contributed by atoms with E-state index in [4.69, 9.17) is 13.6 Å². The molecule has 0 aromatic carbocycles. The van der Waals surface area contributed by atoms with E-state index >= 15 is 0 Å². The van der Waals surface area contributed by atoms with Gasteiger partial charge in [-0.2, -0.15) is 0 Å². The number of hydrogen-bond donors (Lipinski definition) is 0. The molecule has 0 aromatic heterocycles. The Hall–Kier alpha value is 0.314. The van der Waals surface area contributed by atoms with Gasteiger partial charge >= 0.3 is 0 Å². The van der Waals surface area contributed by atoms with E-state index in [0.717, 1.165) is 26.2 Å². The molecule has 1 rings (SSSR count). The lowest BCUT2D eigenvalue weighted by Gasteiger charge is -2.25. The molecule has 3 nitrogen and oxygen atoms in total. The Labute approximate surface area is 96.0 Å². The molecule has 1 atom stereocenters. The van der Waals surface area contributed by atoms with Gasteiger partial charge < -0.3 is 13.6 Å². The fourth-order valence-corrected chi connectivity index (χ4v) is 8.25. The lowest BCUT2D eigenvalue weighted by Crippen LogP contribution is -2.35. The van der Waals surface area contributed by atoms with Gasteiger partial charge in [0.2, 0.25) is 0 Å². The maximum atomic E-state index is 6.08. The summed E-state index contributed by atoms with van der Waals surface area (Å²) in [7, 11) is -2.24. The monoisotopic (exact) mass is 248 g/mol. The normalized spacial score (nSPS) is 21.0. The Bertz CT molecular complexity index is 182. The van der Waals surface area contributed by atoms with Crippen molar-refractivity contribution >= 4 is 17.4 Å². The van der Waals surface area contributed by atoms with E-state index in [1.165, 1.54) is 6.04 Å². The zero-order valence-corrected chi connectivity index (χ0v) is 12.6. The largest absolute Gasteiger partial charge is 0.458 e. The summed E-state index contributed by atoms with van der Waals surface area (Å²) in [5, 5.41) is 0. The minimum atomic E-state index is -1.38. The highest BCUT2D eigenvalue weighted by molar-refractivity contribution is 6.77. The predicted molar refractivity (Wildman–Crippen MR) is 67.4 cm³/mol. The molecule has 1 fully saturated rings. The van der Waals surface area contributed by atoms with Gasteiger partial charge in [-0.25, -0.2) is 0 Å². The van der Waals surface area contributed by atoms with E-state index < -0.39 is 17.4 Å². The lowest BCUT2D eigenvalue weighted by atomic mass is 10.5. The summed E-state index contributed by atoms with van der Waals surface area (Å²) >= 11 is 0. The van der Waals surface area contributed by atoms with E-state index in [-0.39, 0.29) is 0 Å². The van der Waals surface area contributed by atoms with Crippen LogP contribution in [0.15, 0.2) is 0 Å². The Morgan fingerprint density at radius 3 is 2.60 bits per heavy atom. The third-order valence-corrected chi connectivity index (χ3v) is 8.32. The molecule has 0 saturated carbocycles. The molecule has 0 spiro atoms. The third-order valence-electron chi connectivity index (χ3n) is 2.33. The zero-order valence-electron chi connectivity index (χ0n) is 10.4. The molecular formula is C10H24O3Si2. The highest BCUT2D eigenvalue weighted by Gasteiger charge is 2.24. The minimum Gasteiger partial charge on any atom is -0.458 e. The Balaban J connectivity index is 1.96. The molecule has 5 heteroatoms. The first-order valence-electron chi connectivity index (χ1n) is 5.87. The predicted octanol–water partition coefficient (Wildman–Crippen LogP) is 2.00. The molecular weight excluding hydrogens is 224 g/mol. The summed E-state index contributed by atoms with van der Waals surface area (Å²) in [6.45, 7) is 11.6. The van der Waals surface area contributed by atoms with Crippen LogP contribution in [0.3, 0.4) is 0 Å². The Kier molecular flexibility index (Phi) is 5.48. The molecule has 1 aliphatic rings. The second-order valence-electron chi connectivity index (χ2n) is 5.06. The van der Waals surface area contributed by atoms with Crippen molar-refractivity contribution in [2.24, 2.45) is 0 Å². The van der Waals surface area contributed by atoms with Crippen molar-refractivity contribution in [1.29, 1.82) is 0 Å². The maximum Gasteiger partial charge on any atom is 0.173 e. The molecule has 1 heterocycles. The molecule has 90 valence electrons. The van der Waals surface area contributed by atoms with Crippen molar-refractivity contribution in [3.05, 3.63) is 0 Å². The van der Waals surface area contributed by atoms with Gasteiger partial charge in [0.25, 0.3) is 0 Å². The van der Waals surface area contributed by atoms with Crippen LogP contribution < -0.4 is 0 Å². The van der Waals surface area contributed by atoms with Gasteiger partial charge in [-0.3, -0.25) is 0 Å². The summed E-state index contributed by atoms with van der Waals surface area (Å²) < 4.78 is 16.7. The quantitative estimate of drug-likeness (QED) is 0.374. The second kappa shape index (κ2) is 6.15. The molecule has 1 aliphatic heterocycles. The van der Waals surface area contributed by atoms with Gasteiger partial charge in [-0.15, -0.1) is 0 Å². The van der Waals surface area contributed by atoms with Gasteiger partial charge in [0.05, 0.1) is 13.2 Å². The topological polar surface area (TPSA) is 31.0 Å². The van der Waals surface area contributed by atoms with E-state index in [1.807, 2.05) is 0 Å².